The summed E-state index contributed by atoms with van der Waals surface area (Å²) in [5.74, 6) is 0.751. The Balaban J connectivity index is 1.42. The van der Waals surface area contributed by atoms with Crippen molar-refractivity contribution in [2.75, 3.05) is 25.6 Å². The van der Waals surface area contributed by atoms with Gasteiger partial charge >= 0.3 is 0 Å². The van der Waals surface area contributed by atoms with Crippen LogP contribution in [-0.4, -0.2) is 42.6 Å². The number of rotatable bonds is 9. The highest BCUT2D eigenvalue weighted by atomic mass is 35.5. The van der Waals surface area contributed by atoms with Gasteiger partial charge in [-0.1, -0.05) is 24.3 Å². The standard InChI is InChI=1S/C30H32ClN3O5/c1-29(31)11-10-26(39-19-21-6-8-25(37-2)9-7-21)23(18-29)17-27(35)33-24-5-3-4-22(16-24)28(36)34-30(20-32)12-14-38-15-13-30/h3-11,16H,12-15,17-19H2,1-2H3,(H,33,35)(H,34,36). The van der Waals surface area contributed by atoms with Gasteiger partial charge in [0.25, 0.3) is 5.91 Å². The Morgan fingerprint density at radius 3 is 2.59 bits per heavy atom. The molecular formula is C30H32ClN3O5. The smallest absolute Gasteiger partial charge is 0.252 e. The Labute approximate surface area is 233 Å². The average Bonchev–Trinajstić information content (AvgIpc) is 2.93. The molecule has 0 saturated carbocycles. The number of nitriles is 1. The second-order valence-electron chi connectivity index (χ2n) is 9.96. The number of carbonyl (C=O) groups excluding carboxylic acids is 2. The molecule has 1 fully saturated rings. The number of halogens is 1. The van der Waals surface area contributed by atoms with E-state index in [9.17, 15) is 14.9 Å². The van der Waals surface area contributed by atoms with Crippen LogP contribution in [0.5, 0.6) is 5.75 Å². The lowest BCUT2D eigenvalue weighted by atomic mass is 9.91. The van der Waals surface area contributed by atoms with Gasteiger partial charge in [-0.3, -0.25) is 9.59 Å². The minimum absolute atomic E-state index is 0.0819. The molecule has 9 heteroatoms. The van der Waals surface area contributed by atoms with Crippen LogP contribution in [0.15, 0.2) is 72.0 Å². The number of ether oxygens (including phenoxy) is 3. The summed E-state index contributed by atoms with van der Waals surface area (Å²) in [6.45, 7) is 3.06. The number of anilines is 1. The molecule has 2 aromatic carbocycles. The van der Waals surface area contributed by atoms with Crippen molar-refractivity contribution in [2.45, 2.75) is 49.6 Å². The van der Waals surface area contributed by atoms with Gasteiger partial charge in [-0.2, -0.15) is 5.26 Å². The van der Waals surface area contributed by atoms with Crippen LogP contribution in [0, 0.1) is 11.3 Å². The molecule has 0 radical (unpaired) electrons. The summed E-state index contributed by atoms with van der Waals surface area (Å²) in [6.07, 6.45) is 5.08. The van der Waals surface area contributed by atoms with Gasteiger partial charge in [-0.05, 0) is 60.9 Å². The highest BCUT2D eigenvalue weighted by molar-refractivity contribution is 6.25. The van der Waals surface area contributed by atoms with Crippen molar-refractivity contribution < 1.29 is 23.8 Å². The summed E-state index contributed by atoms with van der Waals surface area (Å²) in [4.78, 5) is 25.3. The minimum atomic E-state index is -0.952. The van der Waals surface area contributed by atoms with E-state index in [-0.39, 0.29) is 18.2 Å². The third-order valence-electron chi connectivity index (χ3n) is 6.74. The van der Waals surface area contributed by atoms with Gasteiger partial charge < -0.3 is 24.8 Å². The lowest BCUT2D eigenvalue weighted by Gasteiger charge is -2.31. The minimum Gasteiger partial charge on any atom is -0.497 e. The number of carbonyl (C=O) groups is 2. The third-order valence-corrected chi connectivity index (χ3v) is 7.00. The molecule has 8 nitrogen and oxygen atoms in total. The number of allylic oxidation sites excluding steroid dienone is 2. The van der Waals surface area contributed by atoms with E-state index in [1.807, 2.05) is 43.3 Å². The first kappa shape index (κ1) is 28.2. The van der Waals surface area contributed by atoms with Crippen LogP contribution in [-0.2, 0) is 20.9 Å². The fraction of sp³-hybridized carbons (Fsp3) is 0.367. The second kappa shape index (κ2) is 12.4. The Bertz CT molecular complexity index is 1300. The first-order valence-electron chi connectivity index (χ1n) is 12.8. The van der Waals surface area contributed by atoms with Crippen molar-refractivity contribution in [1.82, 2.24) is 5.32 Å². The zero-order valence-corrected chi connectivity index (χ0v) is 22.8. The topological polar surface area (TPSA) is 110 Å². The highest BCUT2D eigenvalue weighted by Gasteiger charge is 2.34. The predicted octanol–water partition coefficient (Wildman–Crippen LogP) is 5.25. The SMILES string of the molecule is COc1ccc(COC2=C(CC(=O)Nc3cccc(C(=O)NC4(C#N)CCOCC4)c3)CC(C)(Cl)C=C2)cc1. The molecule has 4 rings (SSSR count). The van der Waals surface area contributed by atoms with E-state index in [2.05, 4.69) is 16.7 Å². The number of amides is 2. The van der Waals surface area contributed by atoms with E-state index >= 15 is 0 Å². The van der Waals surface area contributed by atoms with Gasteiger partial charge in [0.15, 0.2) is 0 Å². The first-order valence-corrected chi connectivity index (χ1v) is 13.2. The van der Waals surface area contributed by atoms with Gasteiger partial charge in [0, 0.05) is 37.3 Å². The molecule has 0 spiro atoms. The van der Waals surface area contributed by atoms with Crippen LogP contribution in [0.4, 0.5) is 5.69 Å². The first-order chi connectivity index (χ1) is 18.7. The van der Waals surface area contributed by atoms with Crippen LogP contribution in [0.2, 0.25) is 0 Å². The molecule has 2 aromatic rings. The third kappa shape index (κ3) is 7.62. The quantitative estimate of drug-likeness (QED) is 0.413. The maximum Gasteiger partial charge on any atom is 0.252 e. The lowest BCUT2D eigenvalue weighted by molar-refractivity contribution is -0.115. The number of alkyl halides is 1. The molecule has 1 unspecified atom stereocenters. The summed E-state index contributed by atoms with van der Waals surface area (Å²) in [5, 5.41) is 15.4. The van der Waals surface area contributed by atoms with Crippen LogP contribution in [0.25, 0.3) is 0 Å². The fourth-order valence-corrected chi connectivity index (χ4v) is 4.75. The van der Waals surface area contributed by atoms with Crippen LogP contribution in [0.3, 0.4) is 0 Å². The van der Waals surface area contributed by atoms with Gasteiger partial charge in [0.05, 0.1) is 24.5 Å². The lowest BCUT2D eigenvalue weighted by Crippen LogP contribution is -2.50. The zero-order chi connectivity index (χ0) is 27.9. The fourth-order valence-electron chi connectivity index (χ4n) is 4.52. The number of nitrogens with one attached hydrogen (secondary N) is 2. The van der Waals surface area contributed by atoms with Gasteiger partial charge in [-0.15, -0.1) is 11.6 Å². The van der Waals surface area contributed by atoms with Crippen molar-refractivity contribution in [2.24, 2.45) is 0 Å². The number of nitrogens with zero attached hydrogens (tertiary/aromatic N) is 1. The normalized spacial score (nSPS) is 20.1. The molecule has 39 heavy (non-hydrogen) atoms. The second-order valence-corrected chi connectivity index (χ2v) is 10.8. The Morgan fingerprint density at radius 2 is 1.90 bits per heavy atom. The largest absolute Gasteiger partial charge is 0.497 e. The number of methoxy groups -OCH3 is 1. The molecule has 0 aromatic heterocycles. The van der Waals surface area contributed by atoms with E-state index in [0.29, 0.717) is 56.1 Å². The van der Waals surface area contributed by atoms with Gasteiger partial charge in [0.1, 0.15) is 23.7 Å². The van der Waals surface area contributed by atoms with E-state index in [1.54, 1.807) is 31.4 Å². The van der Waals surface area contributed by atoms with Crippen LogP contribution >= 0.6 is 11.6 Å². The number of hydrogen-bond acceptors (Lipinski definition) is 6. The number of hydrogen-bond donors (Lipinski definition) is 2. The maximum atomic E-state index is 13.0. The van der Waals surface area contributed by atoms with Crippen molar-refractivity contribution in [3.8, 4) is 11.8 Å². The van der Waals surface area contributed by atoms with Crippen LogP contribution in [0.1, 0.15) is 48.5 Å². The van der Waals surface area contributed by atoms with Gasteiger partial charge in [-0.25, -0.2) is 0 Å². The predicted molar refractivity (Wildman–Crippen MR) is 148 cm³/mol. The summed E-state index contributed by atoms with van der Waals surface area (Å²) in [5.41, 5.74) is 1.63. The molecule has 2 amide bonds. The molecular weight excluding hydrogens is 518 g/mol. The average molecular weight is 550 g/mol. The molecule has 1 heterocycles. The molecule has 1 aliphatic carbocycles. The van der Waals surface area contributed by atoms with E-state index in [4.69, 9.17) is 25.8 Å². The molecule has 2 N–H and O–H groups in total. The van der Waals surface area contributed by atoms with Crippen molar-refractivity contribution in [3.05, 3.63) is 83.1 Å². The molecule has 0 bridgehead atoms. The molecule has 1 atom stereocenters. The van der Waals surface area contributed by atoms with Crippen molar-refractivity contribution in [3.63, 3.8) is 0 Å². The van der Waals surface area contributed by atoms with Gasteiger partial charge in [0.2, 0.25) is 5.91 Å². The summed E-state index contributed by atoms with van der Waals surface area (Å²) < 4.78 is 16.6. The highest BCUT2D eigenvalue weighted by Crippen LogP contribution is 2.35. The monoisotopic (exact) mass is 549 g/mol. The van der Waals surface area contributed by atoms with E-state index in [0.717, 1.165) is 16.9 Å². The number of benzene rings is 2. The van der Waals surface area contributed by atoms with E-state index < -0.39 is 10.4 Å². The Hall–Kier alpha value is -3.80. The maximum absolute atomic E-state index is 13.0. The summed E-state index contributed by atoms with van der Waals surface area (Å²) in [6, 6.07) is 16.5. The van der Waals surface area contributed by atoms with Crippen molar-refractivity contribution in [1.29, 1.82) is 5.26 Å². The van der Waals surface area contributed by atoms with Crippen molar-refractivity contribution >= 4 is 29.1 Å². The molecule has 2 aliphatic rings. The summed E-state index contributed by atoms with van der Waals surface area (Å²) >= 11 is 6.59. The van der Waals surface area contributed by atoms with E-state index in [1.165, 1.54) is 0 Å². The molecule has 1 saturated heterocycles. The molecule has 204 valence electrons. The molecule has 1 aliphatic heterocycles. The Morgan fingerprint density at radius 1 is 1.15 bits per heavy atom. The summed E-state index contributed by atoms with van der Waals surface area (Å²) in [7, 11) is 1.62. The van der Waals surface area contributed by atoms with Crippen LogP contribution < -0.4 is 15.4 Å². The zero-order valence-electron chi connectivity index (χ0n) is 22.1. The Kier molecular flexibility index (Phi) is 8.95.